The molecule has 0 radical (unpaired) electrons. The minimum Gasteiger partial charge on any atom is -0.497 e. The van der Waals surface area contributed by atoms with Crippen LogP contribution in [-0.2, 0) is 4.79 Å². The van der Waals surface area contributed by atoms with Gasteiger partial charge in [-0.1, -0.05) is 32.0 Å². The third-order valence-corrected chi connectivity index (χ3v) is 5.25. The van der Waals surface area contributed by atoms with Crippen LogP contribution in [-0.4, -0.2) is 25.2 Å². The molecule has 0 spiro atoms. The number of rotatable bonds is 7. The van der Waals surface area contributed by atoms with Gasteiger partial charge in [-0.15, -0.1) is 0 Å². The molecule has 0 unspecified atom stereocenters. The van der Waals surface area contributed by atoms with E-state index in [0.717, 1.165) is 36.3 Å². The molecule has 1 heterocycles. The Balaban J connectivity index is 1.66. The van der Waals surface area contributed by atoms with Crippen molar-refractivity contribution in [1.82, 2.24) is 5.32 Å². The smallest absolute Gasteiger partial charge is 0.258 e. The Morgan fingerprint density at radius 3 is 2.44 bits per heavy atom. The highest BCUT2D eigenvalue weighted by molar-refractivity contribution is 5.78. The van der Waals surface area contributed by atoms with Gasteiger partial charge in [-0.05, 0) is 43.2 Å². The molecular formula is C22H27NO4. The van der Waals surface area contributed by atoms with Gasteiger partial charge in [0.15, 0.2) is 6.61 Å². The second kappa shape index (κ2) is 8.33. The summed E-state index contributed by atoms with van der Waals surface area (Å²) in [5.41, 5.74) is 0.774. The van der Waals surface area contributed by atoms with Crippen molar-refractivity contribution < 1.29 is 19.0 Å². The number of hydrogen-bond donors (Lipinski definition) is 1. The van der Waals surface area contributed by atoms with E-state index in [1.54, 1.807) is 31.4 Å². The van der Waals surface area contributed by atoms with Gasteiger partial charge in [-0.2, -0.15) is 0 Å². The third kappa shape index (κ3) is 4.35. The second-order valence-corrected chi connectivity index (χ2v) is 6.82. The molecule has 2 aromatic carbocycles. The van der Waals surface area contributed by atoms with E-state index in [1.165, 1.54) is 0 Å². The Morgan fingerprint density at radius 2 is 1.78 bits per heavy atom. The van der Waals surface area contributed by atoms with Crippen LogP contribution in [0.1, 0.15) is 44.7 Å². The molecule has 144 valence electrons. The van der Waals surface area contributed by atoms with E-state index < -0.39 is 0 Å². The molecule has 0 aromatic heterocycles. The summed E-state index contributed by atoms with van der Waals surface area (Å²) < 4.78 is 17.0. The number of methoxy groups -OCH3 is 1. The minimum absolute atomic E-state index is 0.0307. The van der Waals surface area contributed by atoms with Crippen molar-refractivity contribution in [2.75, 3.05) is 13.7 Å². The predicted molar refractivity (Wildman–Crippen MR) is 104 cm³/mol. The van der Waals surface area contributed by atoms with Crippen LogP contribution >= 0.6 is 0 Å². The van der Waals surface area contributed by atoms with E-state index in [1.807, 2.05) is 24.3 Å². The molecule has 2 aromatic rings. The minimum atomic E-state index is -0.247. The van der Waals surface area contributed by atoms with Crippen LogP contribution in [0, 0.1) is 0 Å². The summed E-state index contributed by atoms with van der Waals surface area (Å²) in [6.45, 7) is 4.23. The van der Waals surface area contributed by atoms with Crippen LogP contribution in [0.3, 0.4) is 0 Å². The normalized spacial score (nSPS) is 17.4. The molecule has 3 rings (SSSR count). The molecule has 27 heavy (non-hydrogen) atoms. The number of ether oxygens (including phenoxy) is 3. The van der Waals surface area contributed by atoms with Gasteiger partial charge >= 0.3 is 0 Å². The average Bonchev–Trinajstić information content (AvgIpc) is 2.72. The number of para-hydroxylation sites is 1. The van der Waals surface area contributed by atoms with Crippen molar-refractivity contribution >= 4 is 5.91 Å². The lowest BCUT2D eigenvalue weighted by atomic mass is 9.83. The molecule has 1 aliphatic heterocycles. The topological polar surface area (TPSA) is 56.8 Å². The fourth-order valence-corrected chi connectivity index (χ4v) is 3.49. The standard InChI is InChI=1S/C22H27NO4/c1-4-22(5-2)14-19(18-8-6-7-9-20(18)27-22)23-21(24)15-26-17-12-10-16(25-3)11-13-17/h6-13,19H,4-5,14-15H2,1-3H3,(H,23,24)/t19-/m0/s1. The second-order valence-electron chi connectivity index (χ2n) is 6.82. The first kappa shape index (κ1) is 19.1. The lowest BCUT2D eigenvalue weighted by Gasteiger charge is -2.41. The van der Waals surface area contributed by atoms with Gasteiger partial charge in [-0.3, -0.25) is 4.79 Å². The molecule has 0 fully saturated rings. The zero-order chi connectivity index (χ0) is 19.3. The van der Waals surface area contributed by atoms with Crippen molar-refractivity contribution in [1.29, 1.82) is 0 Å². The summed E-state index contributed by atoms with van der Waals surface area (Å²) in [5.74, 6) is 2.10. The van der Waals surface area contributed by atoms with Crippen LogP contribution in [0.25, 0.3) is 0 Å². The van der Waals surface area contributed by atoms with Crippen molar-refractivity contribution in [3.63, 3.8) is 0 Å². The Hall–Kier alpha value is -2.69. The summed E-state index contributed by atoms with van der Waals surface area (Å²) in [4.78, 5) is 12.5. The molecule has 1 amide bonds. The Kier molecular flexibility index (Phi) is 5.89. The maximum absolute atomic E-state index is 12.5. The summed E-state index contributed by atoms with van der Waals surface area (Å²) in [6.07, 6.45) is 2.55. The van der Waals surface area contributed by atoms with Crippen molar-refractivity contribution in [3.05, 3.63) is 54.1 Å². The van der Waals surface area contributed by atoms with E-state index in [9.17, 15) is 4.79 Å². The van der Waals surface area contributed by atoms with Crippen LogP contribution in [0.15, 0.2) is 48.5 Å². The van der Waals surface area contributed by atoms with Crippen LogP contribution in [0.2, 0.25) is 0 Å². The lowest BCUT2D eigenvalue weighted by molar-refractivity contribution is -0.124. The monoisotopic (exact) mass is 369 g/mol. The molecule has 0 saturated carbocycles. The fourth-order valence-electron chi connectivity index (χ4n) is 3.49. The predicted octanol–water partition coefficient (Wildman–Crippen LogP) is 4.27. The highest BCUT2D eigenvalue weighted by atomic mass is 16.5. The van der Waals surface area contributed by atoms with Crippen LogP contribution in [0.5, 0.6) is 17.2 Å². The van der Waals surface area contributed by atoms with E-state index in [2.05, 4.69) is 19.2 Å². The van der Waals surface area contributed by atoms with Gasteiger partial charge in [0.1, 0.15) is 22.8 Å². The molecule has 1 aliphatic rings. The zero-order valence-electron chi connectivity index (χ0n) is 16.2. The molecule has 5 heteroatoms. The van der Waals surface area contributed by atoms with Crippen LogP contribution in [0.4, 0.5) is 0 Å². The molecule has 0 aliphatic carbocycles. The Bertz CT molecular complexity index is 768. The summed E-state index contributed by atoms with van der Waals surface area (Å²) >= 11 is 0. The number of nitrogens with one attached hydrogen (secondary N) is 1. The van der Waals surface area contributed by atoms with E-state index in [-0.39, 0.29) is 24.2 Å². The fraction of sp³-hybridized carbons (Fsp3) is 0.409. The highest BCUT2D eigenvalue weighted by Crippen LogP contribution is 2.42. The summed E-state index contributed by atoms with van der Waals surface area (Å²) in [7, 11) is 1.61. The SMILES string of the molecule is CCC1(CC)C[C@H](NC(=O)COc2ccc(OC)cc2)c2ccccc2O1. The highest BCUT2D eigenvalue weighted by Gasteiger charge is 2.38. The number of carbonyl (C=O) groups excluding carboxylic acids is 1. The van der Waals surface area contributed by atoms with Gasteiger partial charge in [0, 0.05) is 12.0 Å². The Morgan fingerprint density at radius 1 is 1.11 bits per heavy atom. The molecule has 0 saturated heterocycles. The summed E-state index contributed by atoms with van der Waals surface area (Å²) in [6, 6.07) is 15.0. The van der Waals surface area contributed by atoms with Crippen LogP contribution < -0.4 is 19.5 Å². The average molecular weight is 369 g/mol. The molecule has 5 nitrogen and oxygen atoms in total. The number of amides is 1. The van der Waals surface area contributed by atoms with Gasteiger partial charge in [0.05, 0.1) is 13.2 Å². The van der Waals surface area contributed by atoms with Gasteiger partial charge in [0.2, 0.25) is 0 Å². The number of benzene rings is 2. The molecule has 0 bridgehead atoms. The van der Waals surface area contributed by atoms with Crippen molar-refractivity contribution in [3.8, 4) is 17.2 Å². The number of carbonyl (C=O) groups is 1. The van der Waals surface area contributed by atoms with Crippen molar-refractivity contribution in [2.24, 2.45) is 0 Å². The first-order valence-corrected chi connectivity index (χ1v) is 9.43. The zero-order valence-corrected chi connectivity index (χ0v) is 16.2. The summed E-state index contributed by atoms with van der Waals surface area (Å²) in [5, 5.41) is 3.12. The quantitative estimate of drug-likeness (QED) is 0.792. The Labute approximate surface area is 160 Å². The van der Waals surface area contributed by atoms with Crippen molar-refractivity contribution in [2.45, 2.75) is 44.8 Å². The maximum Gasteiger partial charge on any atom is 0.258 e. The van der Waals surface area contributed by atoms with Gasteiger partial charge in [-0.25, -0.2) is 0 Å². The lowest BCUT2D eigenvalue weighted by Crippen LogP contribution is -2.45. The van der Waals surface area contributed by atoms with E-state index in [4.69, 9.17) is 14.2 Å². The third-order valence-electron chi connectivity index (χ3n) is 5.25. The first-order chi connectivity index (χ1) is 13.1. The number of hydrogen-bond acceptors (Lipinski definition) is 4. The maximum atomic E-state index is 12.5. The first-order valence-electron chi connectivity index (χ1n) is 9.43. The molecule has 1 N–H and O–H groups in total. The largest absolute Gasteiger partial charge is 0.497 e. The van der Waals surface area contributed by atoms with E-state index >= 15 is 0 Å². The number of fused-ring (bicyclic) bond motifs is 1. The molecular weight excluding hydrogens is 342 g/mol. The van der Waals surface area contributed by atoms with Gasteiger partial charge < -0.3 is 19.5 Å². The van der Waals surface area contributed by atoms with Gasteiger partial charge in [0.25, 0.3) is 5.91 Å². The molecule has 1 atom stereocenters. The van der Waals surface area contributed by atoms with E-state index in [0.29, 0.717) is 5.75 Å².